The van der Waals surface area contributed by atoms with Crippen molar-refractivity contribution in [1.82, 2.24) is 19.4 Å². The summed E-state index contributed by atoms with van der Waals surface area (Å²) in [4.78, 5) is 12.9. The van der Waals surface area contributed by atoms with Gasteiger partial charge in [0, 0.05) is 35.6 Å². The van der Waals surface area contributed by atoms with Crippen molar-refractivity contribution in [3.05, 3.63) is 77.6 Å². The standard InChI is InChI=1S/C25H25F2N5O2/c1-15-8-9-29-20(12-15)25(26,27)18-5-2-16(3-6-18)21-22-23(28)30-10-11-32(22)24(31-21)17-4-7-19(13-33)34-14-17/h2-3,5-6,8-12,17,19,33H,4,7,13-14H2,1H3,(H2,28,30). The molecule has 4 aromatic rings. The second-order valence-electron chi connectivity index (χ2n) is 8.63. The van der Waals surface area contributed by atoms with E-state index in [1.54, 1.807) is 37.5 Å². The summed E-state index contributed by atoms with van der Waals surface area (Å²) >= 11 is 0. The molecule has 9 heteroatoms. The van der Waals surface area contributed by atoms with Crippen LogP contribution in [0.4, 0.5) is 14.6 Å². The van der Waals surface area contributed by atoms with E-state index >= 15 is 8.78 Å². The zero-order valence-electron chi connectivity index (χ0n) is 18.7. The molecule has 0 spiro atoms. The van der Waals surface area contributed by atoms with Crippen LogP contribution in [0.3, 0.4) is 0 Å². The monoisotopic (exact) mass is 465 g/mol. The van der Waals surface area contributed by atoms with E-state index in [0.717, 1.165) is 24.2 Å². The van der Waals surface area contributed by atoms with Gasteiger partial charge in [0.2, 0.25) is 0 Å². The van der Waals surface area contributed by atoms with Gasteiger partial charge in [-0.15, -0.1) is 0 Å². The van der Waals surface area contributed by atoms with Crippen LogP contribution in [0.5, 0.6) is 0 Å². The zero-order chi connectivity index (χ0) is 23.9. The number of halogens is 2. The topological polar surface area (TPSA) is 98.6 Å². The van der Waals surface area contributed by atoms with Crippen molar-refractivity contribution in [2.45, 2.75) is 37.7 Å². The predicted octanol–water partition coefficient (Wildman–Crippen LogP) is 4.08. The summed E-state index contributed by atoms with van der Waals surface area (Å²) in [7, 11) is 0. The molecule has 7 nitrogen and oxygen atoms in total. The number of aryl methyl sites for hydroxylation is 1. The Morgan fingerprint density at radius 1 is 1.15 bits per heavy atom. The molecule has 2 atom stereocenters. The lowest BCUT2D eigenvalue weighted by Gasteiger charge is -2.27. The van der Waals surface area contributed by atoms with Gasteiger partial charge < -0.3 is 15.6 Å². The molecule has 0 saturated carbocycles. The largest absolute Gasteiger partial charge is 0.394 e. The van der Waals surface area contributed by atoms with Gasteiger partial charge in [0.1, 0.15) is 28.5 Å². The van der Waals surface area contributed by atoms with Gasteiger partial charge >= 0.3 is 5.92 Å². The lowest BCUT2D eigenvalue weighted by molar-refractivity contribution is -0.0282. The molecular formula is C25H25F2N5O2. The fraction of sp³-hybridized carbons (Fsp3) is 0.320. The summed E-state index contributed by atoms with van der Waals surface area (Å²) < 4.78 is 37.8. The lowest BCUT2D eigenvalue weighted by atomic mass is 9.98. The molecule has 1 aromatic carbocycles. The maximum Gasteiger partial charge on any atom is 0.314 e. The number of nitrogens with zero attached hydrogens (tertiary/aromatic N) is 4. The summed E-state index contributed by atoms with van der Waals surface area (Å²) in [5, 5.41) is 9.35. The van der Waals surface area contributed by atoms with Crippen molar-refractivity contribution in [3.8, 4) is 11.3 Å². The van der Waals surface area contributed by atoms with Crippen molar-refractivity contribution >= 4 is 11.3 Å². The number of hydrogen-bond acceptors (Lipinski definition) is 6. The number of rotatable bonds is 5. The number of benzene rings is 1. The molecular weight excluding hydrogens is 440 g/mol. The Morgan fingerprint density at radius 3 is 2.62 bits per heavy atom. The van der Waals surface area contributed by atoms with E-state index < -0.39 is 5.92 Å². The van der Waals surface area contributed by atoms with Gasteiger partial charge in [0.25, 0.3) is 0 Å². The van der Waals surface area contributed by atoms with Gasteiger partial charge in [0.15, 0.2) is 0 Å². The molecule has 176 valence electrons. The van der Waals surface area contributed by atoms with E-state index in [1.807, 2.05) is 4.40 Å². The SMILES string of the molecule is Cc1ccnc(C(F)(F)c2ccc(-c3nc(C4CCC(CO)OC4)n4ccnc(N)c34)cc2)c1. The average Bonchev–Trinajstić information content (AvgIpc) is 3.25. The number of aliphatic hydroxyl groups is 1. The molecule has 34 heavy (non-hydrogen) atoms. The number of nitrogen functional groups attached to an aromatic ring is 1. The first kappa shape index (κ1) is 22.4. The predicted molar refractivity (Wildman–Crippen MR) is 124 cm³/mol. The van der Waals surface area contributed by atoms with Crippen molar-refractivity contribution in [2.75, 3.05) is 18.9 Å². The highest BCUT2D eigenvalue weighted by Crippen LogP contribution is 2.38. The number of anilines is 1. The molecule has 0 bridgehead atoms. The minimum Gasteiger partial charge on any atom is -0.394 e. The van der Waals surface area contributed by atoms with E-state index in [9.17, 15) is 5.11 Å². The maximum absolute atomic E-state index is 15.1. The van der Waals surface area contributed by atoms with Crippen LogP contribution in [0.2, 0.25) is 0 Å². The molecule has 0 radical (unpaired) electrons. The maximum atomic E-state index is 15.1. The van der Waals surface area contributed by atoms with Gasteiger partial charge in [-0.05, 0) is 37.5 Å². The second-order valence-corrected chi connectivity index (χ2v) is 8.63. The van der Waals surface area contributed by atoms with Crippen molar-refractivity contribution in [1.29, 1.82) is 0 Å². The third-order valence-corrected chi connectivity index (χ3v) is 6.31. The van der Waals surface area contributed by atoms with Crippen molar-refractivity contribution in [3.63, 3.8) is 0 Å². The molecule has 1 aliphatic heterocycles. The Kier molecular flexibility index (Phi) is 5.75. The number of nitrogens with two attached hydrogens (primary N) is 1. The number of pyridine rings is 1. The summed E-state index contributed by atoms with van der Waals surface area (Å²) in [5.74, 6) is -2.13. The number of fused-ring (bicyclic) bond motifs is 1. The Morgan fingerprint density at radius 2 is 1.94 bits per heavy atom. The fourth-order valence-corrected chi connectivity index (χ4v) is 4.42. The van der Waals surface area contributed by atoms with Gasteiger partial charge in [-0.25, -0.2) is 9.97 Å². The normalized spacial score (nSPS) is 18.9. The van der Waals surface area contributed by atoms with E-state index in [2.05, 4.69) is 9.97 Å². The van der Waals surface area contributed by atoms with Crippen LogP contribution in [-0.4, -0.2) is 43.8 Å². The summed E-state index contributed by atoms with van der Waals surface area (Å²) in [6, 6.07) is 9.11. The number of ether oxygens (including phenoxy) is 1. The zero-order valence-corrected chi connectivity index (χ0v) is 18.7. The molecule has 1 saturated heterocycles. The molecule has 0 aliphatic carbocycles. The van der Waals surface area contributed by atoms with Gasteiger partial charge in [0.05, 0.1) is 19.3 Å². The molecule has 3 N–H and O–H groups in total. The Labute approximate surface area is 195 Å². The van der Waals surface area contributed by atoms with Crippen molar-refractivity contribution < 1.29 is 18.6 Å². The van der Waals surface area contributed by atoms with Gasteiger partial charge in [-0.1, -0.05) is 24.3 Å². The minimum absolute atomic E-state index is 0.00772. The van der Waals surface area contributed by atoms with Crippen LogP contribution >= 0.6 is 0 Å². The number of hydrogen-bond donors (Lipinski definition) is 2. The smallest absolute Gasteiger partial charge is 0.314 e. The fourth-order valence-electron chi connectivity index (χ4n) is 4.42. The molecule has 3 aromatic heterocycles. The molecule has 1 fully saturated rings. The summed E-state index contributed by atoms with van der Waals surface area (Å²) in [6.45, 7) is 2.18. The molecule has 5 rings (SSSR count). The van der Waals surface area contributed by atoms with Crippen LogP contribution in [-0.2, 0) is 10.7 Å². The first-order valence-corrected chi connectivity index (χ1v) is 11.1. The van der Waals surface area contributed by atoms with Crippen LogP contribution in [0.1, 0.15) is 41.4 Å². The Bertz CT molecular complexity index is 1310. The van der Waals surface area contributed by atoms with E-state index in [1.165, 1.54) is 24.4 Å². The summed E-state index contributed by atoms with van der Waals surface area (Å²) in [5.41, 5.74) is 8.34. The Balaban J connectivity index is 1.52. The highest BCUT2D eigenvalue weighted by atomic mass is 19.3. The lowest BCUT2D eigenvalue weighted by Crippen LogP contribution is -2.28. The summed E-state index contributed by atoms with van der Waals surface area (Å²) in [6.07, 6.45) is 6.16. The minimum atomic E-state index is -3.23. The van der Waals surface area contributed by atoms with Crippen molar-refractivity contribution in [2.24, 2.45) is 0 Å². The first-order chi connectivity index (χ1) is 16.4. The number of alkyl halides is 2. The molecule has 0 amide bonds. The number of aromatic nitrogens is 4. The van der Waals surface area contributed by atoms with Crippen LogP contribution in [0.25, 0.3) is 16.8 Å². The highest BCUT2D eigenvalue weighted by Gasteiger charge is 2.36. The van der Waals surface area contributed by atoms with Gasteiger partial charge in [-0.3, -0.25) is 9.38 Å². The van der Waals surface area contributed by atoms with E-state index in [-0.39, 0.29) is 29.9 Å². The van der Waals surface area contributed by atoms with Crippen LogP contribution in [0, 0.1) is 6.92 Å². The second kappa shape index (κ2) is 8.73. The first-order valence-electron chi connectivity index (χ1n) is 11.1. The number of imidazole rings is 1. The Hall–Kier alpha value is -3.43. The molecule has 4 heterocycles. The molecule has 2 unspecified atom stereocenters. The highest BCUT2D eigenvalue weighted by molar-refractivity contribution is 5.85. The van der Waals surface area contributed by atoms with Crippen LogP contribution < -0.4 is 5.73 Å². The average molecular weight is 466 g/mol. The molecule has 1 aliphatic rings. The third-order valence-electron chi connectivity index (χ3n) is 6.31. The van der Waals surface area contributed by atoms with Crippen LogP contribution in [0.15, 0.2) is 55.0 Å². The van der Waals surface area contributed by atoms with E-state index in [4.69, 9.17) is 15.5 Å². The third kappa shape index (κ3) is 3.91. The number of aliphatic hydroxyl groups excluding tert-OH is 1. The quantitative estimate of drug-likeness (QED) is 0.461. The van der Waals surface area contributed by atoms with E-state index in [0.29, 0.717) is 29.2 Å². The van der Waals surface area contributed by atoms with Gasteiger partial charge in [-0.2, -0.15) is 8.78 Å².